The van der Waals surface area contributed by atoms with Crippen LogP contribution in [-0.2, 0) is 12.8 Å². The first kappa shape index (κ1) is 13.8. The molecule has 3 aromatic rings. The molecule has 1 heteroatoms. The fourth-order valence-corrected chi connectivity index (χ4v) is 2.88. The average Bonchev–Trinajstić information content (AvgIpc) is 2.47. The van der Waals surface area contributed by atoms with E-state index in [2.05, 4.69) is 73.7 Å². The minimum atomic E-state index is 0.160. The Kier molecular flexibility index (Phi) is 4.03. The van der Waals surface area contributed by atoms with Gasteiger partial charge in [0.15, 0.2) is 0 Å². The van der Waals surface area contributed by atoms with E-state index in [1.165, 1.54) is 27.5 Å². The van der Waals surface area contributed by atoms with Crippen LogP contribution in [0.2, 0.25) is 0 Å². The van der Waals surface area contributed by atoms with Crippen LogP contribution in [0, 0.1) is 6.92 Å². The lowest BCUT2D eigenvalue weighted by atomic mass is 9.97. The Morgan fingerprint density at radius 2 is 1.48 bits per heavy atom. The molecule has 106 valence electrons. The van der Waals surface area contributed by atoms with Crippen LogP contribution in [0.15, 0.2) is 66.7 Å². The van der Waals surface area contributed by atoms with E-state index in [-0.39, 0.29) is 6.04 Å². The minimum absolute atomic E-state index is 0.160. The summed E-state index contributed by atoms with van der Waals surface area (Å²) < 4.78 is 0. The highest BCUT2D eigenvalue weighted by Crippen LogP contribution is 2.17. The maximum atomic E-state index is 6.33. The first-order valence-electron chi connectivity index (χ1n) is 7.49. The van der Waals surface area contributed by atoms with Crippen molar-refractivity contribution in [1.29, 1.82) is 0 Å². The first-order chi connectivity index (χ1) is 10.2. The standard InChI is InChI=1S/C20H21N/c1-15-5-4-6-16(11-15)13-20(21)14-17-9-10-18-7-2-3-8-19(18)12-17/h2-12,20H,13-14,21H2,1H3. The Bertz CT molecular complexity index is 745. The second-order valence-electron chi connectivity index (χ2n) is 5.84. The van der Waals surface area contributed by atoms with Crippen LogP contribution in [0.3, 0.4) is 0 Å². The van der Waals surface area contributed by atoms with Gasteiger partial charge in [0.05, 0.1) is 0 Å². The van der Waals surface area contributed by atoms with Gasteiger partial charge in [-0.3, -0.25) is 0 Å². The molecule has 0 aliphatic carbocycles. The Morgan fingerprint density at radius 3 is 2.24 bits per heavy atom. The van der Waals surface area contributed by atoms with Crippen molar-refractivity contribution in [1.82, 2.24) is 0 Å². The van der Waals surface area contributed by atoms with E-state index in [9.17, 15) is 0 Å². The summed E-state index contributed by atoms with van der Waals surface area (Å²) in [6.07, 6.45) is 1.84. The minimum Gasteiger partial charge on any atom is -0.327 e. The number of benzene rings is 3. The summed E-state index contributed by atoms with van der Waals surface area (Å²) in [5.74, 6) is 0. The normalized spacial score (nSPS) is 12.5. The molecule has 0 spiro atoms. The molecule has 0 aliphatic heterocycles. The molecule has 0 bridgehead atoms. The Labute approximate surface area is 126 Å². The molecular weight excluding hydrogens is 254 g/mol. The van der Waals surface area contributed by atoms with Gasteiger partial charge in [-0.2, -0.15) is 0 Å². The van der Waals surface area contributed by atoms with Crippen LogP contribution in [0.25, 0.3) is 10.8 Å². The highest BCUT2D eigenvalue weighted by Gasteiger charge is 2.06. The lowest BCUT2D eigenvalue weighted by Gasteiger charge is -2.13. The SMILES string of the molecule is Cc1cccc(CC(N)Cc2ccc3ccccc3c2)c1. The number of hydrogen-bond donors (Lipinski definition) is 1. The molecule has 0 aromatic heterocycles. The van der Waals surface area contributed by atoms with E-state index >= 15 is 0 Å². The molecule has 0 amide bonds. The van der Waals surface area contributed by atoms with E-state index in [4.69, 9.17) is 5.73 Å². The summed E-state index contributed by atoms with van der Waals surface area (Å²) in [5.41, 5.74) is 10.3. The zero-order valence-corrected chi connectivity index (χ0v) is 12.4. The molecule has 0 saturated heterocycles. The first-order valence-corrected chi connectivity index (χ1v) is 7.49. The number of fused-ring (bicyclic) bond motifs is 1. The second kappa shape index (κ2) is 6.11. The topological polar surface area (TPSA) is 26.0 Å². The number of aryl methyl sites for hydroxylation is 1. The quantitative estimate of drug-likeness (QED) is 0.756. The highest BCUT2D eigenvalue weighted by molar-refractivity contribution is 5.82. The van der Waals surface area contributed by atoms with E-state index in [1.54, 1.807) is 0 Å². The molecular formula is C20H21N. The summed E-state index contributed by atoms with van der Waals surface area (Å²) in [4.78, 5) is 0. The van der Waals surface area contributed by atoms with Gasteiger partial charge in [-0.25, -0.2) is 0 Å². The third-order valence-electron chi connectivity index (χ3n) is 3.89. The Balaban J connectivity index is 1.72. The lowest BCUT2D eigenvalue weighted by Crippen LogP contribution is -2.25. The van der Waals surface area contributed by atoms with Crippen LogP contribution >= 0.6 is 0 Å². The van der Waals surface area contributed by atoms with Gasteiger partial charge in [-0.05, 0) is 41.7 Å². The van der Waals surface area contributed by atoms with E-state index in [1.807, 2.05) is 0 Å². The molecule has 21 heavy (non-hydrogen) atoms. The van der Waals surface area contributed by atoms with Gasteiger partial charge in [0.1, 0.15) is 0 Å². The van der Waals surface area contributed by atoms with Gasteiger partial charge < -0.3 is 5.73 Å². The van der Waals surface area contributed by atoms with Crippen LogP contribution in [0.4, 0.5) is 0 Å². The summed E-state index contributed by atoms with van der Waals surface area (Å²) >= 11 is 0. The molecule has 3 rings (SSSR count). The molecule has 0 heterocycles. The van der Waals surface area contributed by atoms with Gasteiger partial charge in [-0.15, -0.1) is 0 Å². The summed E-state index contributed by atoms with van der Waals surface area (Å²) in [5, 5.41) is 2.58. The summed E-state index contributed by atoms with van der Waals surface area (Å²) in [6.45, 7) is 2.12. The molecule has 3 aromatic carbocycles. The van der Waals surface area contributed by atoms with Crippen LogP contribution in [0.1, 0.15) is 16.7 Å². The zero-order chi connectivity index (χ0) is 14.7. The smallest absolute Gasteiger partial charge is 0.0120 e. The maximum Gasteiger partial charge on any atom is 0.0120 e. The monoisotopic (exact) mass is 275 g/mol. The highest BCUT2D eigenvalue weighted by atomic mass is 14.6. The second-order valence-corrected chi connectivity index (χ2v) is 5.84. The third-order valence-corrected chi connectivity index (χ3v) is 3.89. The van der Waals surface area contributed by atoms with Gasteiger partial charge in [0, 0.05) is 6.04 Å². The van der Waals surface area contributed by atoms with Crippen molar-refractivity contribution in [3.63, 3.8) is 0 Å². The van der Waals surface area contributed by atoms with E-state index < -0.39 is 0 Å². The van der Waals surface area contributed by atoms with Crippen LogP contribution in [0.5, 0.6) is 0 Å². The molecule has 0 radical (unpaired) electrons. The lowest BCUT2D eigenvalue weighted by molar-refractivity contribution is 0.665. The summed E-state index contributed by atoms with van der Waals surface area (Å²) in [7, 11) is 0. The summed E-state index contributed by atoms with van der Waals surface area (Å²) in [6, 6.07) is 23.9. The van der Waals surface area contributed by atoms with Gasteiger partial charge >= 0.3 is 0 Å². The Morgan fingerprint density at radius 1 is 0.762 bits per heavy atom. The van der Waals surface area contributed by atoms with Crippen molar-refractivity contribution in [3.8, 4) is 0 Å². The van der Waals surface area contributed by atoms with Crippen molar-refractivity contribution < 1.29 is 0 Å². The van der Waals surface area contributed by atoms with Crippen LogP contribution < -0.4 is 5.73 Å². The van der Waals surface area contributed by atoms with Gasteiger partial charge in [-0.1, -0.05) is 72.3 Å². The van der Waals surface area contributed by atoms with Crippen molar-refractivity contribution in [2.75, 3.05) is 0 Å². The largest absolute Gasteiger partial charge is 0.327 e. The van der Waals surface area contributed by atoms with Crippen molar-refractivity contribution in [2.24, 2.45) is 5.73 Å². The van der Waals surface area contributed by atoms with Gasteiger partial charge in [0.25, 0.3) is 0 Å². The van der Waals surface area contributed by atoms with Crippen molar-refractivity contribution in [3.05, 3.63) is 83.4 Å². The number of hydrogen-bond acceptors (Lipinski definition) is 1. The van der Waals surface area contributed by atoms with Crippen LogP contribution in [-0.4, -0.2) is 6.04 Å². The number of rotatable bonds is 4. The molecule has 2 N–H and O–H groups in total. The molecule has 0 fully saturated rings. The average molecular weight is 275 g/mol. The fraction of sp³-hybridized carbons (Fsp3) is 0.200. The molecule has 1 atom stereocenters. The molecule has 0 saturated carbocycles. The maximum absolute atomic E-state index is 6.33. The predicted molar refractivity (Wildman–Crippen MR) is 90.5 cm³/mol. The predicted octanol–water partition coefficient (Wildman–Crippen LogP) is 4.26. The molecule has 1 unspecified atom stereocenters. The van der Waals surface area contributed by atoms with Crippen molar-refractivity contribution >= 4 is 10.8 Å². The third kappa shape index (κ3) is 3.50. The Hall–Kier alpha value is -2.12. The molecule has 0 aliphatic rings. The van der Waals surface area contributed by atoms with Gasteiger partial charge in [0.2, 0.25) is 0 Å². The fourth-order valence-electron chi connectivity index (χ4n) is 2.88. The zero-order valence-electron chi connectivity index (χ0n) is 12.4. The van der Waals surface area contributed by atoms with Crippen molar-refractivity contribution in [2.45, 2.75) is 25.8 Å². The van der Waals surface area contributed by atoms with E-state index in [0.717, 1.165) is 12.8 Å². The molecule has 1 nitrogen and oxygen atoms in total. The number of nitrogens with two attached hydrogens (primary N) is 1. The van der Waals surface area contributed by atoms with E-state index in [0.29, 0.717) is 0 Å².